The minimum Gasteiger partial charge on any atom is -0.484 e. The quantitative estimate of drug-likeness (QED) is 0.844. The number of carbonyl (C=O) groups is 2. The summed E-state index contributed by atoms with van der Waals surface area (Å²) in [6.07, 6.45) is 0.328. The third-order valence-corrected chi connectivity index (χ3v) is 2.88. The van der Waals surface area contributed by atoms with Crippen molar-refractivity contribution in [2.24, 2.45) is 0 Å². The number of carboxylic acid groups (broad SMARTS) is 1. The first kappa shape index (κ1) is 15.5. The lowest BCUT2D eigenvalue weighted by atomic mass is 10.2. The first-order valence-corrected chi connectivity index (χ1v) is 6.11. The van der Waals surface area contributed by atoms with Gasteiger partial charge in [0.1, 0.15) is 11.8 Å². The first-order chi connectivity index (χ1) is 9.49. The molecule has 0 aliphatic heterocycles. The summed E-state index contributed by atoms with van der Waals surface area (Å²) in [6, 6.07) is 7.45. The zero-order valence-corrected chi connectivity index (χ0v) is 11.4. The number of aliphatic carboxylic acids is 1. The topological polar surface area (TPSA) is 90.6 Å². The molecule has 1 N–H and O–H groups in total. The molecule has 0 saturated heterocycles. The molecule has 0 aliphatic rings. The normalized spacial score (nSPS) is 11.2. The highest BCUT2D eigenvalue weighted by Crippen LogP contribution is 2.12. The van der Waals surface area contributed by atoms with Gasteiger partial charge in [-0.1, -0.05) is 6.92 Å². The largest absolute Gasteiger partial charge is 0.484 e. The molecule has 0 bridgehead atoms. The van der Waals surface area contributed by atoms with E-state index in [-0.39, 0.29) is 6.61 Å². The number of benzene rings is 1. The van der Waals surface area contributed by atoms with Crippen LogP contribution in [0.4, 0.5) is 0 Å². The van der Waals surface area contributed by atoms with E-state index in [4.69, 9.17) is 15.1 Å². The molecule has 0 saturated carbocycles. The SMILES string of the molecule is CCC(C(=O)O)N(C)C(=O)COc1ccc(C#N)cc1. The van der Waals surface area contributed by atoms with Crippen molar-refractivity contribution in [2.45, 2.75) is 19.4 Å². The number of carboxylic acids is 1. The van der Waals surface area contributed by atoms with Crippen LogP contribution in [0.25, 0.3) is 0 Å². The number of amides is 1. The zero-order chi connectivity index (χ0) is 15.1. The van der Waals surface area contributed by atoms with E-state index in [9.17, 15) is 9.59 Å². The minimum absolute atomic E-state index is 0.244. The van der Waals surface area contributed by atoms with Gasteiger partial charge < -0.3 is 14.7 Å². The van der Waals surface area contributed by atoms with Crippen LogP contribution in [0, 0.1) is 11.3 Å². The van der Waals surface area contributed by atoms with Crippen LogP contribution < -0.4 is 4.74 Å². The summed E-state index contributed by atoms with van der Waals surface area (Å²) in [7, 11) is 1.44. The molecule has 1 unspecified atom stereocenters. The maximum Gasteiger partial charge on any atom is 0.326 e. The Morgan fingerprint density at radius 3 is 2.45 bits per heavy atom. The summed E-state index contributed by atoms with van der Waals surface area (Å²) >= 11 is 0. The number of nitriles is 1. The number of ether oxygens (including phenoxy) is 1. The van der Waals surface area contributed by atoms with Crippen LogP contribution in [0.1, 0.15) is 18.9 Å². The lowest BCUT2D eigenvalue weighted by molar-refractivity contribution is -0.149. The highest BCUT2D eigenvalue weighted by molar-refractivity contribution is 5.84. The Bertz CT molecular complexity index is 519. The Labute approximate surface area is 117 Å². The Kier molecular flexibility index (Phi) is 5.54. The molecule has 0 aromatic heterocycles. The lowest BCUT2D eigenvalue weighted by Gasteiger charge is -2.23. The number of hydrogen-bond acceptors (Lipinski definition) is 4. The van der Waals surface area contributed by atoms with Gasteiger partial charge in [-0.05, 0) is 30.7 Å². The van der Waals surface area contributed by atoms with Gasteiger partial charge in [0.25, 0.3) is 5.91 Å². The maximum absolute atomic E-state index is 11.8. The fourth-order valence-corrected chi connectivity index (χ4v) is 1.66. The van der Waals surface area contributed by atoms with E-state index in [2.05, 4.69) is 0 Å². The van der Waals surface area contributed by atoms with E-state index in [1.165, 1.54) is 7.05 Å². The maximum atomic E-state index is 11.8. The number of carbonyl (C=O) groups excluding carboxylic acids is 1. The van der Waals surface area contributed by atoms with Gasteiger partial charge in [-0.25, -0.2) is 4.79 Å². The number of hydrogen-bond donors (Lipinski definition) is 1. The molecule has 1 aromatic rings. The van der Waals surface area contributed by atoms with Gasteiger partial charge in [-0.15, -0.1) is 0 Å². The Hall–Kier alpha value is -2.55. The van der Waals surface area contributed by atoms with Crippen LogP contribution in [-0.2, 0) is 9.59 Å². The Balaban J connectivity index is 2.58. The molecule has 0 aliphatic carbocycles. The minimum atomic E-state index is -1.04. The van der Waals surface area contributed by atoms with E-state index in [1.54, 1.807) is 31.2 Å². The Morgan fingerprint density at radius 1 is 1.40 bits per heavy atom. The molecule has 0 spiro atoms. The van der Waals surface area contributed by atoms with Gasteiger partial charge >= 0.3 is 5.97 Å². The standard InChI is InChI=1S/C14H16N2O4/c1-3-12(14(18)19)16(2)13(17)9-20-11-6-4-10(8-15)5-7-11/h4-7,12H,3,9H2,1-2H3,(H,18,19). The second-order valence-electron chi connectivity index (χ2n) is 4.19. The van der Waals surface area contributed by atoms with Crippen molar-refractivity contribution in [2.75, 3.05) is 13.7 Å². The smallest absolute Gasteiger partial charge is 0.326 e. The fraction of sp³-hybridized carbons (Fsp3) is 0.357. The summed E-state index contributed by atoms with van der Waals surface area (Å²) in [4.78, 5) is 23.9. The van der Waals surface area contributed by atoms with Crippen LogP contribution in [0.5, 0.6) is 5.75 Å². The third kappa shape index (κ3) is 3.99. The van der Waals surface area contributed by atoms with Crippen LogP contribution in [0.15, 0.2) is 24.3 Å². The van der Waals surface area contributed by atoms with Crippen molar-refractivity contribution in [3.8, 4) is 11.8 Å². The van der Waals surface area contributed by atoms with Gasteiger partial charge in [0.2, 0.25) is 0 Å². The van der Waals surface area contributed by atoms with Crippen molar-refractivity contribution in [3.63, 3.8) is 0 Å². The van der Waals surface area contributed by atoms with E-state index < -0.39 is 17.9 Å². The van der Waals surface area contributed by atoms with Crippen molar-refractivity contribution in [1.82, 2.24) is 4.90 Å². The molecule has 20 heavy (non-hydrogen) atoms. The molecular formula is C14H16N2O4. The average molecular weight is 276 g/mol. The van der Waals surface area contributed by atoms with Crippen molar-refractivity contribution in [1.29, 1.82) is 5.26 Å². The molecule has 1 atom stereocenters. The molecule has 6 nitrogen and oxygen atoms in total. The Morgan fingerprint density at radius 2 is 2.00 bits per heavy atom. The summed E-state index contributed by atoms with van der Waals surface area (Å²) < 4.78 is 5.27. The van der Waals surface area contributed by atoms with Crippen molar-refractivity contribution < 1.29 is 19.4 Å². The fourth-order valence-electron chi connectivity index (χ4n) is 1.66. The molecule has 0 fully saturated rings. The number of likely N-dealkylation sites (N-methyl/N-ethyl adjacent to an activating group) is 1. The number of nitrogens with zero attached hydrogens (tertiary/aromatic N) is 2. The van der Waals surface area contributed by atoms with E-state index in [0.717, 1.165) is 4.90 Å². The molecule has 1 amide bonds. The van der Waals surface area contributed by atoms with Crippen molar-refractivity contribution in [3.05, 3.63) is 29.8 Å². The molecule has 0 radical (unpaired) electrons. The predicted molar refractivity (Wildman–Crippen MR) is 71.1 cm³/mol. The summed E-state index contributed by atoms with van der Waals surface area (Å²) in [6.45, 7) is 1.45. The van der Waals surface area contributed by atoms with Crippen molar-refractivity contribution >= 4 is 11.9 Å². The summed E-state index contributed by atoms with van der Waals surface area (Å²) in [5.41, 5.74) is 0.498. The second kappa shape index (κ2) is 7.14. The summed E-state index contributed by atoms with van der Waals surface area (Å²) in [5.74, 6) is -1.00. The van der Waals surface area contributed by atoms with Crippen LogP contribution in [-0.4, -0.2) is 41.6 Å². The lowest BCUT2D eigenvalue weighted by Crippen LogP contribution is -2.44. The first-order valence-electron chi connectivity index (χ1n) is 6.11. The van der Waals surface area contributed by atoms with Crippen LogP contribution in [0.2, 0.25) is 0 Å². The molecule has 6 heteroatoms. The molecule has 1 aromatic carbocycles. The predicted octanol–water partition coefficient (Wildman–Crippen LogP) is 1.26. The van der Waals surface area contributed by atoms with Gasteiger partial charge in [0.15, 0.2) is 6.61 Å². The summed E-state index contributed by atoms with van der Waals surface area (Å²) in [5, 5.41) is 17.6. The highest BCUT2D eigenvalue weighted by atomic mass is 16.5. The second-order valence-corrected chi connectivity index (χ2v) is 4.19. The van der Waals surface area contributed by atoms with E-state index in [0.29, 0.717) is 17.7 Å². The third-order valence-electron chi connectivity index (χ3n) is 2.88. The molecule has 0 heterocycles. The van der Waals surface area contributed by atoms with Gasteiger partial charge in [-0.3, -0.25) is 4.79 Å². The van der Waals surface area contributed by atoms with Gasteiger partial charge in [-0.2, -0.15) is 5.26 Å². The average Bonchev–Trinajstić information content (AvgIpc) is 2.45. The van der Waals surface area contributed by atoms with Crippen LogP contribution in [0.3, 0.4) is 0 Å². The van der Waals surface area contributed by atoms with E-state index >= 15 is 0 Å². The molecular weight excluding hydrogens is 260 g/mol. The number of rotatable bonds is 6. The highest BCUT2D eigenvalue weighted by Gasteiger charge is 2.24. The monoisotopic (exact) mass is 276 g/mol. The van der Waals surface area contributed by atoms with E-state index in [1.807, 2.05) is 6.07 Å². The van der Waals surface area contributed by atoms with Gasteiger partial charge in [0, 0.05) is 7.05 Å². The van der Waals surface area contributed by atoms with Crippen LogP contribution >= 0.6 is 0 Å². The zero-order valence-electron chi connectivity index (χ0n) is 11.4. The van der Waals surface area contributed by atoms with Gasteiger partial charge in [0.05, 0.1) is 11.6 Å². The molecule has 1 rings (SSSR count). The molecule has 106 valence electrons.